The van der Waals surface area contributed by atoms with Gasteiger partial charge in [-0.2, -0.15) is 0 Å². The van der Waals surface area contributed by atoms with Crippen molar-refractivity contribution in [1.29, 1.82) is 0 Å². The summed E-state index contributed by atoms with van der Waals surface area (Å²) in [6.07, 6.45) is 0. The van der Waals surface area contributed by atoms with Crippen LogP contribution in [0.1, 0.15) is 6.92 Å². The zero-order valence-electron chi connectivity index (χ0n) is 5.25. The molecule has 0 aliphatic carbocycles. The first-order valence-corrected chi connectivity index (χ1v) is 4.35. The largest absolute Gasteiger partial charge is 0.746 e. The molecular formula is C2H4O7S2-2. The van der Waals surface area contributed by atoms with Gasteiger partial charge in [-0.1, -0.05) is 0 Å². The zero-order chi connectivity index (χ0) is 8.91. The molecule has 0 N–H and O–H groups in total. The molecule has 68 valence electrons. The summed E-state index contributed by atoms with van der Waals surface area (Å²) in [6, 6.07) is 0. The summed E-state index contributed by atoms with van der Waals surface area (Å²) >= 11 is -0.0257. The highest BCUT2D eigenvalue weighted by Gasteiger charge is 2.10. The maximum absolute atomic E-state index is 10.1. The predicted molar refractivity (Wildman–Crippen MR) is 30.0 cm³/mol. The minimum Gasteiger partial charge on any atom is -0.746 e. The molecule has 0 saturated heterocycles. The van der Waals surface area contributed by atoms with Crippen LogP contribution in [0, 0.1) is 0 Å². The van der Waals surface area contributed by atoms with Crippen molar-refractivity contribution in [3.8, 4) is 0 Å². The number of rotatable bonds is 5. The Balaban J connectivity index is 3.62. The van der Waals surface area contributed by atoms with E-state index in [2.05, 4.69) is 13.6 Å². The third kappa shape index (κ3) is 5.38. The fraction of sp³-hybridized carbons (Fsp3) is 1.00. The van der Waals surface area contributed by atoms with Crippen LogP contribution in [0.2, 0.25) is 0 Å². The van der Waals surface area contributed by atoms with Gasteiger partial charge in [0.15, 0.2) is 17.8 Å². The van der Waals surface area contributed by atoms with Crippen molar-refractivity contribution in [3.63, 3.8) is 0 Å². The third-order valence-corrected chi connectivity index (χ3v) is 2.15. The van der Waals surface area contributed by atoms with E-state index >= 15 is 0 Å². The van der Waals surface area contributed by atoms with Crippen molar-refractivity contribution in [3.05, 3.63) is 0 Å². The van der Waals surface area contributed by atoms with Gasteiger partial charge in [0.05, 0.1) is 0 Å². The first-order chi connectivity index (χ1) is 4.98. The van der Waals surface area contributed by atoms with E-state index in [1.54, 1.807) is 0 Å². The van der Waals surface area contributed by atoms with Crippen LogP contribution in [0.15, 0.2) is 0 Å². The standard InChI is InChI=1S/C2H6O7S2/c1-2(11(4,5)6)7-10-9-8-3/h2-3H,1H3,(H,4,5,6)/p-2. The van der Waals surface area contributed by atoms with Gasteiger partial charge in [-0.15, -0.1) is 4.33 Å². The SMILES string of the molecule is CC(OSOO[O-])S(=O)(=O)[O-]. The molecule has 0 bridgehead atoms. The molecule has 0 fully saturated rings. The second-order valence-electron chi connectivity index (χ2n) is 1.36. The summed E-state index contributed by atoms with van der Waals surface area (Å²) in [5.74, 6) is 0. The van der Waals surface area contributed by atoms with E-state index in [0.29, 0.717) is 0 Å². The van der Waals surface area contributed by atoms with Crippen LogP contribution in [0.3, 0.4) is 0 Å². The Hall–Kier alpha value is 0.100. The predicted octanol–water partition coefficient (Wildman–Crippen LogP) is -1.32. The summed E-state index contributed by atoms with van der Waals surface area (Å²) in [5, 5.41) is 11.9. The minimum atomic E-state index is -4.51. The second-order valence-corrected chi connectivity index (χ2v) is 3.47. The van der Waals surface area contributed by atoms with Gasteiger partial charge < -0.3 is 9.81 Å². The number of hydrogen-bond donors (Lipinski definition) is 0. The summed E-state index contributed by atoms with van der Waals surface area (Å²) in [5.41, 5.74) is -1.59. The van der Waals surface area contributed by atoms with Crippen molar-refractivity contribution >= 4 is 22.4 Å². The third-order valence-electron chi connectivity index (χ3n) is 0.637. The molecule has 0 spiro atoms. The minimum absolute atomic E-state index is 0.0257. The normalized spacial score (nSPS) is 14.8. The van der Waals surface area contributed by atoms with Crippen molar-refractivity contribution in [2.75, 3.05) is 0 Å². The van der Waals surface area contributed by atoms with Crippen LogP contribution in [0.25, 0.3) is 0 Å². The van der Waals surface area contributed by atoms with E-state index in [1.165, 1.54) is 0 Å². The molecular weight excluding hydrogens is 200 g/mol. The Morgan fingerprint density at radius 1 is 1.55 bits per heavy atom. The average Bonchev–Trinajstić information content (AvgIpc) is 1.86. The van der Waals surface area contributed by atoms with E-state index in [-0.39, 0.29) is 12.3 Å². The highest BCUT2D eigenvalue weighted by molar-refractivity contribution is 7.91. The molecule has 0 aromatic carbocycles. The monoisotopic (exact) mass is 204 g/mol. The van der Waals surface area contributed by atoms with Gasteiger partial charge in [-0.3, -0.25) is 9.22 Å². The molecule has 9 heteroatoms. The fourth-order valence-corrected chi connectivity index (χ4v) is 0.777. The fourth-order valence-electron chi connectivity index (χ4n) is 0.131. The lowest BCUT2D eigenvalue weighted by atomic mass is 10.9. The molecule has 0 aromatic rings. The Morgan fingerprint density at radius 2 is 2.09 bits per heavy atom. The maximum atomic E-state index is 10.1. The summed E-state index contributed by atoms with van der Waals surface area (Å²) in [7, 11) is -4.51. The molecule has 0 aliphatic rings. The first-order valence-electron chi connectivity index (χ1n) is 2.22. The molecule has 0 rings (SSSR count). The summed E-state index contributed by atoms with van der Waals surface area (Å²) in [4.78, 5) is 0. The molecule has 0 aromatic heterocycles. The van der Waals surface area contributed by atoms with Gasteiger partial charge in [0, 0.05) is 0 Å². The van der Waals surface area contributed by atoms with E-state index in [0.717, 1.165) is 6.92 Å². The van der Waals surface area contributed by atoms with Crippen molar-refractivity contribution < 1.29 is 31.8 Å². The zero-order valence-corrected chi connectivity index (χ0v) is 6.88. The lowest BCUT2D eigenvalue weighted by molar-refractivity contribution is -0.777. The van der Waals surface area contributed by atoms with Crippen molar-refractivity contribution in [2.24, 2.45) is 0 Å². The van der Waals surface area contributed by atoms with Crippen LogP contribution in [0.5, 0.6) is 0 Å². The van der Waals surface area contributed by atoms with Gasteiger partial charge >= 0.3 is 0 Å². The summed E-state index contributed by atoms with van der Waals surface area (Å²) in [6.45, 7) is 0.990. The van der Waals surface area contributed by atoms with E-state index < -0.39 is 15.6 Å². The van der Waals surface area contributed by atoms with E-state index in [9.17, 15) is 13.0 Å². The Kier molecular flexibility index (Phi) is 4.92. The maximum Gasteiger partial charge on any atom is 0.194 e. The van der Waals surface area contributed by atoms with Crippen LogP contribution in [-0.2, 0) is 23.7 Å². The Bertz CT molecular complexity index is 185. The van der Waals surface area contributed by atoms with Gasteiger partial charge in [0.2, 0.25) is 0 Å². The van der Waals surface area contributed by atoms with Crippen molar-refractivity contribution in [2.45, 2.75) is 12.4 Å². The van der Waals surface area contributed by atoms with Crippen LogP contribution in [-0.4, -0.2) is 18.4 Å². The molecule has 0 radical (unpaired) electrons. The topological polar surface area (TPSA) is 108 Å². The molecule has 0 aliphatic heterocycles. The number of hydrogen-bond acceptors (Lipinski definition) is 8. The first kappa shape index (κ1) is 11.1. The molecule has 1 unspecified atom stereocenters. The molecule has 7 nitrogen and oxygen atoms in total. The lowest BCUT2D eigenvalue weighted by Crippen LogP contribution is -2.18. The van der Waals surface area contributed by atoms with Crippen molar-refractivity contribution in [1.82, 2.24) is 0 Å². The van der Waals surface area contributed by atoms with Gasteiger partial charge in [-0.05, 0) is 6.92 Å². The smallest absolute Gasteiger partial charge is 0.194 e. The highest BCUT2D eigenvalue weighted by atomic mass is 32.2. The van der Waals surface area contributed by atoms with Gasteiger partial charge in [0.1, 0.15) is 10.1 Å². The van der Waals surface area contributed by atoms with Gasteiger partial charge in [0.25, 0.3) is 0 Å². The van der Waals surface area contributed by atoms with E-state index in [4.69, 9.17) is 5.26 Å². The molecule has 11 heavy (non-hydrogen) atoms. The Morgan fingerprint density at radius 3 is 2.45 bits per heavy atom. The molecule has 1 atom stereocenters. The molecule has 0 saturated carbocycles. The second kappa shape index (κ2) is 4.87. The Labute approximate surface area is 67.3 Å². The van der Waals surface area contributed by atoms with Crippen LogP contribution >= 0.6 is 12.3 Å². The van der Waals surface area contributed by atoms with Crippen LogP contribution in [0.4, 0.5) is 0 Å². The quantitative estimate of drug-likeness (QED) is 0.178. The molecule has 0 heterocycles. The van der Waals surface area contributed by atoms with Crippen LogP contribution < -0.4 is 5.26 Å². The van der Waals surface area contributed by atoms with Gasteiger partial charge in [-0.25, -0.2) is 8.42 Å². The van der Waals surface area contributed by atoms with E-state index in [1.807, 2.05) is 0 Å². The highest BCUT2D eigenvalue weighted by Crippen LogP contribution is 2.11. The average molecular weight is 204 g/mol. The summed E-state index contributed by atoms with van der Waals surface area (Å²) < 4.78 is 37.8. The lowest BCUT2D eigenvalue weighted by Gasteiger charge is -2.14. The molecule has 0 amide bonds.